The van der Waals surface area contributed by atoms with Gasteiger partial charge in [-0.1, -0.05) is 13.3 Å². The zero-order valence-corrected chi connectivity index (χ0v) is 12.8. The molecule has 0 aromatic heterocycles. The first-order chi connectivity index (χ1) is 9.63. The highest BCUT2D eigenvalue weighted by molar-refractivity contribution is 5.20. The van der Waals surface area contributed by atoms with Gasteiger partial charge in [0.2, 0.25) is 0 Å². The van der Waals surface area contributed by atoms with Crippen LogP contribution in [0.1, 0.15) is 58.3 Å². The molecular formula is C17H28N2O. The normalized spacial score (nSPS) is 45.2. The Balaban J connectivity index is 1.79. The average Bonchev–Trinajstić information content (AvgIpc) is 3.00. The molecule has 0 spiro atoms. The molecule has 2 aliphatic carbocycles. The highest BCUT2D eigenvalue weighted by Gasteiger charge is 2.61. The molecule has 0 amide bonds. The van der Waals surface area contributed by atoms with E-state index in [1.165, 1.54) is 25.7 Å². The quantitative estimate of drug-likeness (QED) is 0.862. The summed E-state index contributed by atoms with van der Waals surface area (Å²) in [6, 6.07) is 2.63. The molecule has 0 aromatic carbocycles. The highest BCUT2D eigenvalue weighted by Crippen LogP contribution is 2.62. The van der Waals surface area contributed by atoms with Crippen LogP contribution in [0.15, 0.2) is 0 Å². The first-order valence-electron chi connectivity index (χ1n) is 8.49. The maximum Gasteiger partial charge on any atom is 0.0891 e. The van der Waals surface area contributed by atoms with E-state index in [0.29, 0.717) is 11.8 Å². The van der Waals surface area contributed by atoms with E-state index < -0.39 is 11.0 Å². The number of hydrogen-bond donors (Lipinski definition) is 1. The summed E-state index contributed by atoms with van der Waals surface area (Å²) in [6.07, 6.45) is 8.43. The summed E-state index contributed by atoms with van der Waals surface area (Å²) in [5.41, 5.74) is -1.16. The molecule has 0 radical (unpaired) electrons. The Labute approximate surface area is 123 Å². The van der Waals surface area contributed by atoms with Gasteiger partial charge in [-0.05, 0) is 69.9 Å². The minimum Gasteiger partial charge on any atom is -0.388 e. The van der Waals surface area contributed by atoms with Crippen molar-refractivity contribution >= 4 is 0 Å². The Morgan fingerprint density at radius 1 is 1.30 bits per heavy atom. The number of hydrogen-bond acceptors (Lipinski definition) is 3. The lowest BCUT2D eigenvalue weighted by Gasteiger charge is -2.45. The predicted molar refractivity (Wildman–Crippen MR) is 79.0 cm³/mol. The summed E-state index contributed by atoms with van der Waals surface area (Å²) in [6.45, 7) is 5.39. The van der Waals surface area contributed by atoms with E-state index in [1.54, 1.807) is 0 Å². The molecule has 20 heavy (non-hydrogen) atoms. The zero-order chi connectivity index (χ0) is 14.2. The lowest BCUT2D eigenvalue weighted by Crippen LogP contribution is -2.51. The van der Waals surface area contributed by atoms with Crippen LogP contribution in [0.3, 0.4) is 0 Å². The topological polar surface area (TPSA) is 47.3 Å². The third-order valence-electron chi connectivity index (χ3n) is 6.32. The van der Waals surface area contributed by atoms with Crippen LogP contribution in [0.4, 0.5) is 0 Å². The van der Waals surface area contributed by atoms with Crippen molar-refractivity contribution in [3.8, 4) is 6.07 Å². The second-order valence-electron chi connectivity index (χ2n) is 7.39. The Kier molecular flexibility index (Phi) is 3.81. The Morgan fingerprint density at radius 2 is 2.15 bits per heavy atom. The largest absolute Gasteiger partial charge is 0.388 e. The Bertz CT molecular complexity index is 404. The molecule has 0 aromatic rings. The van der Waals surface area contributed by atoms with Crippen LogP contribution in [-0.2, 0) is 0 Å². The van der Waals surface area contributed by atoms with Crippen LogP contribution >= 0.6 is 0 Å². The molecule has 3 heteroatoms. The van der Waals surface area contributed by atoms with Crippen LogP contribution in [0.5, 0.6) is 0 Å². The molecule has 112 valence electrons. The van der Waals surface area contributed by atoms with Gasteiger partial charge in [-0.2, -0.15) is 5.26 Å². The van der Waals surface area contributed by atoms with E-state index in [1.807, 2.05) is 0 Å². The molecule has 4 atom stereocenters. The highest BCUT2D eigenvalue weighted by atomic mass is 16.3. The fraction of sp³-hybridized carbons (Fsp3) is 0.941. The first-order valence-corrected chi connectivity index (χ1v) is 8.49. The van der Waals surface area contributed by atoms with E-state index in [-0.39, 0.29) is 0 Å². The number of likely N-dealkylation sites (tertiary alicyclic amines) is 1. The van der Waals surface area contributed by atoms with E-state index in [0.717, 1.165) is 45.3 Å². The third kappa shape index (κ3) is 2.09. The van der Waals surface area contributed by atoms with E-state index in [9.17, 15) is 10.4 Å². The van der Waals surface area contributed by atoms with Gasteiger partial charge in [-0.3, -0.25) is 0 Å². The van der Waals surface area contributed by atoms with Gasteiger partial charge in [0.25, 0.3) is 0 Å². The Morgan fingerprint density at radius 3 is 2.75 bits per heavy atom. The monoisotopic (exact) mass is 276 g/mol. The summed E-state index contributed by atoms with van der Waals surface area (Å²) < 4.78 is 0. The van der Waals surface area contributed by atoms with Crippen LogP contribution in [0, 0.1) is 28.6 Å². The summed E-state index contributed by atoms with van der Waals surface area (Å²) >= 11 is 0. The standard InChI is InChI=1S/C17H28N2O/c1-2-8-19-9-3-6-17(20,7-10-19)16(13-18)12-14-4-5-15(16)11-14/h14-15,20H,2-12H2,1H3. The average molecular weight is 276 g/mol. The minimum atomic E-state index is -0.732. The molecular weight excluding hydrogens is 248 g/mol. The molecule has 3 aliphatic rings. The predicted octanol–water partition coefficient (Wildman–Crippen LogP) is 2.94. The maximum absolute atomic E-state index is 11.4. The van der Waals surface area contributed by atoms with Crippen molar-refractivity contribution in [2.45, 2.75) is 63.9 Å². The molecule has 1 N–H and O–H groups in total. The van der Waals surface area contributed by atoms with Gasteiger partial charge < -0.3 is 10.0 Å². The fourth-order valence-corrected chi connectivity index (χ4v) is 5.30. The lowest BCUT2D eigenvalue weighted by atomic mass is 9.60. The van der Waals surface area contributed by atoms with Gasteiger partial charge in [-0.15, -0.1) is 0 Å². The molecule has 1 aliphatic heterocycles. The minimum absolute atomic E-state index is 0.432. The van der Waals surface area contributed by atoms with Gasteiger partial charge in [0.05, 0.1) is 17.1 Å². The van der Waals surface area contributed by atoms with Crippen molar-refractivity contribution in [2.75, 3.05) is 19.6 Å². The lowest BCUT2D eigenvalue weighted by molar-refractivity contribution is -0.0914. The van der Waals surface area contributed by atoms with Crippen molar-refractivity contribution in [3.63, 3.8) is 0 Å². The zero-order valence-electron chi connectivity index (χ0n) is 12.8. The van der Waals surface area contributed by atoms with E-state index in [4.69, 9.17) is 0 Å². The van der Waals surface area contributed by atoms with Crippen LogP contribution < -0.4 is 0 Å². The van der Waals surface area contributed by atoms with Crippen LogP contribution in [-0.4, -0.2) is 35.2 Å². The molecule has 3 fully saturated rings. The smallest absolute Gasteiger partial charge is 0.0891 e. The van der Waals surface area contributed by atoms with Crippen molar-refractivity contribution in [2.24, 2.45) is 17.3 Å². The van der Waals surface area contributed by atoms with Crippen LogP contribution in [0.25, 0.3) is 0 Å². The van der Waals surface area contributed by atoms with E-state index in [2.05, 4.69) is 17.9 Å². The Hall–Kier alpha value is -0.590. The van der Waals surface area contributed by atoms with Gasteiger partial charge >= 0.3 is 0 Å². The summed E-state index contributed by atoms with van der Waals surface area (Å²) in [7, 11) is 0. The van der Waals surface area contributed by atoms with Gasteiger partial charge in [0.15, 0.2) is 0 Å². The number of rotatable bonds is 3. The second-order valence-corrected chi connectivity index (χ2v) is 7.39. The fourth-order valence-electron chi connectivity index (χ4n) is 5.30. The molecule has 2 saturated carbocycles. The van der Waals surface area contributed by atoms with Gasteiger partial charge in [0, 0.05) is 6.54 Å². The number of nitrogens with zero attached hydrogens (tertiary/aromatic N) is 2. The molecule has 3 nitrogen and oxygen atoms in total. The van der Waals surface area contributed by atoms with Crippen molar-refractivity contribution in [3.05, 3.63) is 0 Å². The SMILES string of the molecule is CCCN1CCCC(O)(C2(C#N)CC3CCC2C3)CC1. The number of aliphatic hydroxyl groups is 1. The van der Waals surface area contributed by atoms with Crippen molar-refractivity contribution in [1.82, 2.24) is 4.90 Å². The van der Waals surface area contributed by atoms with Gasteiger partial charge in [0.1, 0.15) is 0 Å². The second kappa shape index (κ2) is 5.31. The number of fused-ring (bicyclic) bond motifs is 2. The summed E-state index contributed by atoms with van der Waals surface area (Å²) in [4.78, 5) is 2.47. The van der Waals surface area contributed by atoms with Crippen molar-refractivity contribution < 1.29 is 5.11 Å². The molecule has 1 saturated heterocycles. The third-order valence-corrected chi connectivity index (χ3v) is 6.32. The molecule has 1 heterocycles. The molecule has 2 bridgehead atoms. The summed E-state index contributed by atoms with van der Waals surface area (Å²) in [5.74, 6) is 1.17. The molecule has 3 rings (SSSR count). The first kappa shape index (κ1) is 14.4. The van der Waals surface area contributed by atoms with Gasteiger partial charge in [-0.25, -0.2) is 0 Å². The molecule has 4 unspecified atom stereocenters. The van der Waals surface area contributed by atoms with E-state index >= 15 is 0 Å². The summed E-state index contributed by atoms with van der Waals surface area (Å²) in [5, 5.41) is 21.3. The van der Waals surface area contributed by atoms with Crippen molar-refractivity contribution in [1.29, 1.82) is 5.26 Å². The maximum atomic E-state index is 11.4. The van der Waals surface area contributed by atoms with Crippen LogP contribution in [0.2, 0.25) is 0 Å². The number of nitriles is 1.